The minimum absolute atomic E-state index is 0.0298. The van der Waals surface area contributed by atoms with Crippen molar-refractivity contribution in [3.05, 3.63) is 20.0 Å². The van der Waals surface area contributed by atoms with Crippen molar-refractivity contribution in [2.45, 2.75) is 0 Å². The van der Waals surface area contributed by atoms with Crippen LogP contribution in [0.15, 0.2) is 9.85 Å². The second-order valence-electron chi connectivity index (χ2n) is 1.81. The molecular weight excluding hydrogens is 285 g/mol. The molecule has 0 aliphatic rings. The van der Waals surface area contributed by atoms with Crippen molar-refractivity contribution in [2.24, 2.45) is 0 Å². The summed E-state index contributed by atoms with van der Waals surface area (Å²) in [5.41, 5.74) is -0.183. The summed E-state index contributed by atoms with van der Waals surface area (Å²) >= 11 is 3.81. The van der Waals surface area contributed by atoms with Gasteiger partial charge >= 0.3 is 8.25 Å². The Balaban J connectivity index is 2.95. The van der Waals surface area contributed by atoms with Crippen molar-refractivity contribution in [3.8, 4) is 5.06 Å². The summed E-state index contributed by atoms with van der Waals surface area (Å²) in [6, 6.07) is 1.08. The molecule has 1 rings (SSSR count). The largest absolute Gasteiger partial charge is 0.748 e. The van der Waals surface area contributed by atoms with E-state index in [0.29, 0.717) is 0 Å². The van der Waals surface area contributed by atoms with Gasteiger partial charge in [0.1, 0.15) is 0 Å². The predicted octanol–water partition coefficient (Wildman–Crippen LogP) is 2.45. The van der Waals surface area contributed by atoms with Gasteiger partial charge in [-0.15, -0.1) is 4.89 Å². The Kier molecular flexibility index (Phi) is 3.32. The molecule has 1 unspecified atom stereocenters. The Morgan fingerprint density at radius 3 is 2.77 bits per heavy atom. The van der Waals surface area contributed by atoms with Gasteiger partial charge in [0, 0.05) is 4.57 Å². The van der Waals surface area contributed by atoms with Crippen LogP contribution in [-0.2, 0) is 4.57 Å². The van der Waals surface area contributed by atoms with Crippen molar-refractivity contribution in [1.29, 1.82) is 0 Å². The Morgan fingerprint density at radius 2 is 2.38 bits per heavy atom. The lowest BCUT2D eigenvalue weighted by atomic mass is 10.5. The fourth-order valence-corrected chi connectivity index (χ4v) is 2.45. The Bertz CT molecular complexity index is 365. The van der Waals surface area contributed by atoms with Gasteiger partial charge in [0.25, 0.3) is 10.8 Å². The number of nitrogens with zero attached hydrogens (tertiary/aromatic N) is 1. The lowest BCUT2D eigenvalue weighted by molar-refractivity contribution is -0.385. The standard InChI is InChI=1S/C4HBrNO5PS/c5-4-2(6(7)8)1-3(13-4)11-12(9)10/h1H/p+1. The third-order valence-electron chi connectivity index (χ3n) is 1.01. The maximum Gasteiger partial charge on any atom is 0.748 e. The molecule has 1 aromatic rings. The van der Waals surface area contributed by atoms with Gasteiger partial charge in [0.05, 0.1) is 11.0 Å². The van der Waals surface area contributed by atoms with Crippen molar-refractivity contribution in [2.75, 3.05) is 0 Å². The molecule has 1 atom stereocenters. The SMILES string of the molecule is O=[N+]([O-])c1cc(O[P+](=O)O)sc1Br. The zero-order valence-corrected chi connectivity index (χ0v) is 9.14. The monoisotopic (exact) mass is 286 g/mol. The van der Waals surface area contributed by atoms with Crippen molar-refractivity contribution >= 4 is 41.2 Å². The Hall–Kier alpha value is -0.560. The van der Waals surface area contributed by atoms with Gasteiger partial charge in [0.2, 0.25) is 0 Å². The van der Waals surface area contributed by atoms with E-state index in [0.717, 1.165) is 17.4 Å². The van der Waals surface area contributed by atoms with Gasteiger partial charge in [-0.25, -0.2) is 4.52 Å². The second kappa shape index (κ2) is 4.10. The number of hydrogen-bond acceptors (Lipinski definition) is 5. The molecule has 0 fully saturated rings. The quantitative estimate of drug-likeness (QED) is 0.524. The molecule has 9 heteroatoms. The number of hydrogen-bond donors (Lipinski definition) is 1. The van der Waals surface area contributed by atoms with E-state index in [2.05, 4.69) is 20.5 Å². The lowest BCUT2D eigenvalue weighted by Gasteiger charge is -1.81. The number of thiophene rings is 1. The first-order chi connectivity index (χ1) is 6.00. The summed E-state index contributed by atoms with van der Waals surface area (Å²) < 4.78 is 14.8. The van der Waals surface area contributed by atoms with E-state index in [1.54, 1.807) is 0 Å². The molecule has 1 N–H and O–H groups in total. The van der Waals surface area contributed by atoms with Crippen LogP contribution in [0.25, 0.3) is 0 Å². The average molecular weight is 287 g/mol. The molecule has 0 saturated heterocycles. The van der Waals surface area contributed by atoms with Crippen LogP contribution in [0.4, 0.5) is 5.69 Å². The highest BCUT2D eigenvalue weighted by atomic mass is 79.9. The molecule has 0 bridgehead atoms. The topological polar surface area (TPSA) is 89.7 Å². The highest BCUT2D eigenvalue weighted by Crippen LogP contribution is 2.41. The minimum atomic E-state index is -2.78. The molecule has 13 heavy (non-hydrogen) atoms. The highest BCUT2D eigenvalue weighted by molar-refractivity contribution is 9.11. The normalized spacial score (nSPS) is 11.1. The lowest BCUT2D eigenvalue weighted by Crippen LogP contribution is -1.84. The smallest absolute Gasteiger partial charge is 0.258 e. The zero-order chi connectivity index (χ0) is 10.0. The summed E-state index contributed by atoms with van der Waals surface area (Å²) in [4.78, 5) is 18.1. The van der Waals surface area contributed by atoms with Gasteiger partial charge in [-0.2, -0.15) is 0 Å². The maximum atomic E-state index is 10.3. The van der Waals surface area contributed by atoms with E-state index in [4.69, 9.17) is 4.89 Å². The molecular formula is C4H2BrNO5PS+. The van der Waals surface area contributed by atoms with Gasteiger partial charge in [-0.05, 0) is 15.9 Å². The molecule has 0 radical (unpaired) electrons. The molecule has 0 aliphatic carbocycles. The van der Waals surface area contributed by atoms with Crippen LogP contribution in [0.5, 0.6) is 5.06 Å². The third-order valence-corrected chi connectivity index (χ3v) is 3.17. The fraction of sp³-hybridized carbons (Fsp3) is 0. The molecule has 1 aromatic heterocycles. The first-order valence-corrected chi connectivity index (χ1v) is 5.52. The van der Waals surface area contributed by atoms with E-state index in [1.807, 2.05) is 0 Å². The first-order valence-electron chi connectivity index (χ1n) is 2.78. The minimum Gasteiger partial charge on any atom is -0.258 e. The summed E-state index contributed by atoms with van der Waals surface area (Å²) in [7, 11) is -2.78. The van der Waals surface area contributed by atoms with E-state index in [9.17, 15) is 14.7 Å². The van der Waals surface area contributed by atoms with Crippen molar-refractivity contribution < 1.29 is 18.9 Å². The molecule has 0 amide bonds. The fourth-order valence-electron chi connectivity index (χ4n) is 0.585. The molecule has 0 aliphatic heterocycles. The van der Waals surface area contributed by atoms with Crippen LogP contribution in [0.2, 0.25) is 0 Å². The Morgan fingerprint density at radius 1 is 1.77 bits per heavy atom. The molecule has 6 nitrogen and oxygen atoms in total. The number of halogens is 1. The van der Waals surface area contributed by atoms with E-state index in [-0.39, 0.29) is 14.5 Å². The summed E-state index contributed by atoms with van der Waals surface area (Å²) in [6.07, 6.45) is 0. The third kappa shape index (κ3) is 2.70. The van der Waals surface area contributed by atoms with Gasteiger partial charge in [-0.1, -0.05) is 11.3 Å². The van der Waals surface area contributed by atoms with Crippen LogP contribution in [-0.4, -0.2) is 9.82 Å². The number of nitro groups is 1. The second-order valence-corrected chi connectivity index (χ2v) is 4.80. The zero-order valence-electron chi connectivity index (χ0n) is 5.84. The summed E-state index contributed by atoms with van der Waals surface area (Å²) in [5, 5.41) is 10.3. The molecule has 0 saturated carbocycles. The van der Waals surface area contributed by atoms with Crippen LogP contribution < -0.4 is 4.52 Å². The molecule has 0 spiro atoms. The van der Waals surface area contributed by atoms with Crippen LogP contribution in [0, 0.1) is 10.1 Å². The van der Waals surface area contributed by atoms with Crippen molar-refractivity contribution in [3.63, 3.8) is 0 Å². The highest BCUT2D eigenvalue weighted by Gasteiger charge is 2.23. The predicted molar refractivity (Wildman–Crippen MR) is 49.1 cm³/mol. The Labute approximate surface area is 85.4 Å². The molecule has 1 heterocycles. The van der Waals surface area contributed by atoms with Crippen molar-refractivity contribution in [1.82, 2.24) is 0 Å². The van der Waals surface area contributed by atoms with E-state index in [1.165, 1.54) is 0 Å². The van der Waals surface area contributed by atoms with Gasteiger partial charge < -0.3 is 0 Å². The van der Waals surface area contributed by atoms with Crippen LogP contribution >= 0.6 is 35.5 Å². The van der Waals surface area contributed by atoms with Crippen LogP contribution in [0.1, 0.15) is 0 Å². The average Bonchev–Trinajstić information content (AvgIpc) is 2.29. The van der Waals surface area contributed by atoms with Gasteiger partial charge in [-0.3, -0.25) is 10.1 Å². The molecule has 0 aromatic carbocycles. The maximum absolute atomic E-state index is 10.3. The number of rotatable bonds is 3. The van der Waals surface area contributed by atoms with Crippen LogP contribution in [0.3, 0.4) is 0 Å². The summed E-state index contributed by atoms with van der Waals surface area (Å²) in [5.74, 6) is 0. The summed E-state index contributed by atoms with van der Waals surface area (Å²) in [6.45, 7) is 0. The van der Waals surface area contributed by atoms with E-state index < -0.39 is 13.2 Å². The van der Waals surface area contributed by atoms with E-state index >= 15 is 0 Å². The first kappa shape index (κ1) is 10.5. The molecule has 70 valence electrons. The van der Waals surface area contributed by atoms with Gasteiger partial charge in [0.15, 0.2) is 3.79 Å².